The Labute approximate surface area is 116 Å². The fourth-order valence-electron chi connectivity index (χ4n) is 1.65. The van der Waals surface area contributed by atoms with Gasteiger partial charge in [0.1, 0.15) is 11.6 Å². The van der Waals surface area contributed by atoms with Crippen molar-refractivity contribution in [3.63, 3.8) is 0 Å². The molecule has 19 heavy (non-hydrogen) atoms. The molecule has 0 saturated carbocycles. The lowest BCUT2D eigenvalue weighted by Crippen LogP contribution is -2.00. The molecular weight excluding hydrogens is 263 g/mol. The van der Waals surface area contributed by atoms with Crippen LogP contribution in [0.3, 0.4) is 0 Å². The molecule has 0 heterocycles. The molecule has 0 aliphatic heterocycles. The van der Waals surface area contributed by atoms with Crippen LogP contribution in [0.15, 0.2) is 53.4 Å². The summed E-state index contributed by atoms with van der Waals surface area (Å²) in [4.78, 5) is 0.813. The van der Waals surface area contributed by atoms with Crippen LogP contribution in [0.4, 0.5) is 4.39 Å². The fourth-order valence-corrected chi connectivity index (χ4v) is 2.57. The monoisotopic (exact) mass is 278 g/mol. The summed E-state index contributed by atoms with van der Waals surface area (Å²) in [5.74, 6) is 0.980. The number of rotatable bonds is 5. The molecule has 100 valence electrons. The molecule has 4 heteroatoms. The lowest BCUT2D eigenvalue weighted by molar-refractivity contribution is 0.204. The van der Waals surface area contributed by atoms with E-state index >= 15 is 0 Å². The molecule has 0 saturated heterocycles. The summed E-state index contributed by atoms with van der Waals surface area (Å²) in [6.07, 6.45) is -0.584. The van der Waals surface area contributed by atoms with Gasteiger partial charge in [-0.3, -0.25) is 0 Å². The zero-order valence-electron chi connectivity index (χ0n) is 10.5. The Morgan fingerprint density at radius 1 is 1.21 bits per heavy atom. The predicted molar refractivity (Wildman–Crippen MR) is 75.1 cm³/mol. The van der Waals surface area contributed by atoms with E-state index < -0.39 is 6.10 Å². The van der Waals surface area contributed by atoms with Gasteiger partial charge >= 0.3 is 0 Å². The summed E-state index contributed by atoms with van der Waals surface area (Å²) in [5, 5.41) is 10.1. The van der Waals surface area contributed by atoms with Crippen LogP contribution in [0.25, 0.3) is 0 Å². The first kappa shape index (κ1) is 13.9. The topological polar surface area (TPSA) is 29.5 Å². The molecule has 2 rings (SSSR count). The number of aliphatic hydroxyl groups excluding tert-OH is 1. The van der Waals surface area contributed by atoms with Gasteiger partial charge in [-0.05, 0) is 35.9 Å². The lowest BCUT2D eigenvalue weighted by atomic mass is 10.1. The van der Waals surface area contributed by atoms with E-state index in [1.165, 1.54) is 23.9 Å². The highest BCUT2D eigenvalue weighted by Gasteiger charge is 2.08. The number of halogens is 1. The largest absolute Gasteiger partial charge is 0.497 e. The second kappa shape index (κ2) is 6.59. The molecule has 2 aromatic carbocycles. The molecule has 1 atom stereocenters. The minimum atomic E-state index is -0.584. The molecule has 1 unspecified atom stereocenters. The number of aliphatic hydroxyl groups is 1. The second-order valence-electron chi connectivity index (χ2n) is 4.06. The summed E-state index contributed by atoms with van der Waals surface area (Å²) in [6, 6.07) is 13.6. The van der Waals surface area contributed by atoms with E-state index in [4.69, 9.17) is 4.74 Å². The molecule has 0 aromatic heterocycles. The number of hydrogen-bond acceptors (Lipinski definition) is 3. The zero-order valence-corrected chi connectivity index (χ0v) is 11.4. The summed E-state index contributed by atoms with van der Waals surface area (Å²) in [7, 11) is 1.60. The molecule has 1 N–H and O–H groups in total. The Balaban J connectivity index is 1.95. The minimum absolute atomic E-state index is 0.260. The first-order valence-corrected chi connectivity index (χ1v) is 6.88. The standard InChI is InChI=1S/C15H15FO2S/c1-18-13-7-5-11(6-8-13)15(17)10-19-14-4-2-3-12(16)9-14/h2-9,15,17H,10H2,1H3. The normalized spacial score (nSPS) is 12.2. The Morgan fingerprint density at radius 2 is 1.95 bits per heavy atom. The van der Waals surface area contributed by atoms with Gasteiger partial charge in [-0.2, -0.15) is 0 Å². The average molecular weight is 278 g/mol. The summed E-state index contributed by atoms with van der Waals surface area (Å²) >= 11 is 1.43. The highest BCUT2D eigenvalue weighted by Crippen LogP contribution is 2.26. The molecule has 0 radical (unpaired) electrons. The number of hydrogen-bond donors (Lipinski definition) is 1. The number of thioether (sulfide) groups is 1. The lowest BCUT2D eigenvalue weighted by Gasteiger charge is -2.11. The van der Waals surface area contributed by atoms with E-state index in [9.17, 15) is 9.50 Å². The van der Waals surface area contributed by atoms with Crippen LogP contribution in [0.2, 0.25) is 0 Å². The van der Waals surface area contributed by atoms with E-state index in [1.54, 1.807) is 13.2 Å². The van der Waals surface area contributed by atoms with Crippen molar-refractivity contribution in [1.82, 2.24) is 0 Å². The maximum absolute atomic E-state index is 13.0. The number of methoxy groups -OCH3 is 1. The van der Waals surface area contributed by atoms with Crippen LogP contribution in [0, 0.1) is 5.82 Å². The molecule has 2 nitrogen and oxygen atoms in total. The third kappa shape index (κ3) is 3.98. The second-order valence-corrected chi connectivity index (χ2v) is 5.15. The van der Waals surface area contributed by atoms with Crippen molar-refractivity contribution in [2.45, 2.75) is 11.0 Å². The average Bonchev–Trinajstić information content (AvgIpc) is 2.45. The maximum atomic E-state index is 13.0. The third-order valence-electron chi connectivity index (χ3n) is 2.70. The number of benzene rings is 2. The van der Waals surface area contributed by atoms with Crippen molar-refractivity contribution in [3.8, 4) is 5.75 Å². The van der Waals surface area contributed by atoms with E-state index in [0.29, 0.717) is 5.75 Å². The van der Waals surface area contributed by atoms with E-state index in [-0.39, 0.29) is 5.82 Å². The van der Waals surface area contributed by atoms with Crippen molar-refractivity contribution >= 4 is 11.8 Å². The van der Waals surface area contributed by atoms with Crippen LogP contribution >= 0.6 is 11.8 Å². The van der Waals surface area contributed by atoms with Gasteiger partial charge in [0.25, 0.3) is 0 Å². The maximum Gasteiger partial charge on any atom is 0.124 e. The van der Waals surface area contributed by atoms with E-state index in [1.807, 2.05) is 30.3 Å². The molecular formula is C15H15FO2S. The molecule has 0 amide bonds. The first-order chi connectivity index (χ1) is 9.19. The van der Waals surface area contributed by atoms with Crippen LogP contribution in [0.5, 0.6) is 5.75 Å². The molecule has 0 aliphatic carbocycles. The van der Waals surface area contributed by atoms with Crippen molar-refractivity contribution in [1.29, 1.82) is 0 Å². The Bertz CT molecular complexity index is 528. The van der Waals surface area contributed by atoms with Crippen LogP contribution in [-0.2, 0) is 0 Å². The van der Waals surface area contributed by atoms with Gasteiger partial charge in [0, 0.05) is 10.6 Å². The van der Waals surface area contributed by atoms with E-state index in [0.717, 1.165) is 16.2 Å². The van der Waals surface area contributed by atoms with Crippen LogP contribution in [0.1, 0.15) is 11.7 Å². The Hall–Kier alpha value is -1.52. The van der Waals surface area contributed by atoms with Gasteiger partial charge in [-0.15, -0.1) is 11.8 Å². The van der Waals surface area contributed by atoms with Crippen molar-refractivity contribution < 1.29 is 14.2 Å². The SMILES string of the molecule is COc1ccc(C(O)CSc2cccc(F)c2)cc1. The molecule has 0 bridgehead atoms. The highest BCUT2D eigenvalue weighted by molar-refractivity contribution is 7.99. The van der Waals surface area contributed by atoms with Gasteiger partial charge < -0.3 is 9.84 Å². The summed E-state index contributed by atoms with van der Waals surface area (Å²) in [6.45, 7) is 0. The highest BCUT2D eigenvalue weighted by atomic mass is 32.2. The van der Waals surface area contributed by atoms with Gasteiger partial charge in [0.2, 0.25) is 0 Å². The van der Waals surface area contributed by atoms with Crippen molar-refractivity contribution in [2.75, 3.05) is 12.9 Å². The van der Waals surface area contributed by atoms with Gasteiger partial charge in [-0.1, -0.05) is 18.2 Å². The van der Waals surface area contributed by atoms with Gasteiger partial charge in [-0.25, -0.2) is 4.39 Å². The predicted octanol–water partition coefficient (Wildman–Crippen LogP) is 3.66. The summed E-state index contributed by atoms with van der Waals surface area (Å²) in [5.41, 5.74) is 0.824. The van der Waals surface area contributed by atoms with Crippen molar-refractivity contribution in [2.24, 2.45) is 0 Å². The number of ether oxygens (including phenoxy) is 1. The first-order valence-electron chi connectivity index (χ1n) is 5.89. The van der Waals surface area contributed by atoms with E-state index in [2.05, 4.69) is 0 Å². The fraction of sp³-hybridized carbons (Fsp3) is 0.200. The third-order valence-corrected chi connectivity index (χ3v) is 3.77. The molecule has 0 fully saturated rings. The minimum Gasteiger partial charge on any atom is -0.497 e. The Kier molecular flexibility index (Phi) is 4.82. The molecule has 0 aliphatic rings. The summed E-state index contributed by atoms with van der Waals surface area (Å²) < 4.78 is 18.1. The van der Waals surface area contributed by atoms with Crippen LogP contribution < -0.4 is 4.74 Å². The van der Waals surface area contributed by atoms with Crippen LogP contribution in [-0.4, -0.2) is 18.0 Å². The molecule has 2 aromatic rings. The molecule has 0 spiro atoms. The Morgan fingerprint density at radius 3 is 2.58 bits per heavy atom. The zero-order chi connectivity index (χ0) is 13.7. The van der Waals surface area contributed by atoms with Gasteiger partial charge in [0.15, 0.2) is 0 Å². The quantitative estimate of drug-likeness (QED) is 0.846. The van der Waals surface area contributed by atoms with Crippen molar-refractivity contribution in [3.05, 3.63) is 59.9 Å². The smallest absolute Gasteiger partial charge is 0.124 e. The van der Waals surface area contributed by atoms with Gasteiger partial charge in [0.05, 0.1) is 13.2 Å².